The number of aryl methyl sites for hydroxylation is 1. The average Bonchev–Trinajstić information content (AvgIpc) is 2.30. The third-order valence-corrected chi connectivity index (χ3v) is 3.31. The van der Waals surface area contributed by atoms with Crippen molar-refractivity contribution in [2.45, 2.75) is 19.8 Å². The molecule has 2 heterocycles. The summed E-state index contributed by atoms with van der Waals surface area (Å²) < 4.78 is 5.38. The maximum atomic E-state index is 5.71. The third-order valence-electron chi connectivity index (χ3n) is 3.31. The van der Waals surface area contributed by atoms with Crippen molar-refractivity contribution in [3.05, 3.63) is 17.8 Å². The zero-order valence-electron chi connectivity index (χ0n) is 10.6. The number of ether oxygens (including phenoxy) is 1. The summed E-state index contributed by atoms with van der Waals surface area (Å²) >= 11 is 0. The lowest BCUT2D eigenvalue weighted by Crippen LogP contribution is -2.30. The summed E-state index contributed by atoms with van der Waals surface area (Å²) in [6.45, 7) is 4.89. The van der Waals surface area contributed by atoms with Crippen molar-refractivity contribution in [1.29, 1.82) is 0 Å². The lowest BCUT2D eigenvalue weighted by molar-refractivity contribution is 0.0685. The van der Waals surface area contributed by atoms with Crippen LogP contribution in [0.3, 0.4) is 0 Å². The van der Waals surface area contributed by atoms with Gasteiger partial charge in [-0.25, -0.2) is 4.98 Å². The van der Waals surface area contributed by atoms with Gasteiger partial charge in [-0.2, -0.15) is 0 Å². The topological polar surface area (TPSA) is 51.4 Å². The van der Waals surface area contributed by atoms with Crippen LogP contribution in [0.4, 0.5) is 11.5 Å². The van der Waals surface area contributed by atoms with E-state index in [9.17, 15) is 0 Å². The number of pyridine rings is 1. The molecule has 0 bridgehead atoms. The molecule has 1 aliphatic heterocycles. The van der Waals surface area contributed by atoms with Gasteiger partial charge in [0, 0.05) is 26.8 Å². The Kier molecular flexibility index (Phi) is 3.84. The van der Waals surface area contributed by atoms with Crippen molar-refractivity contribution in [3.8, 4) is 0 Å². The van der Waals surface area contributed by atoms with Crippen LogP contribution >= 0.6 is 0 Å². The van der Waals surface area contributed by atoms with E-state index in [4.69, 9.17) is 10.5 Å². The molecule has 0 aliphatic carbocycles. The first-order valence-electron chi connectivity index (χ1n) is 6.18. The highest BCUT2D eigenvalue weighted by atomic mass is 16.5. The van der Waals surface area contributed by atoms with Gasteiger partial charge in [-0.15, -0.1) is 0 Å². The van der Waals surface area contributed by atoms with Crippen molar-refractivity contribution in [2.24, 2.45) is 5.92 Å². The summed E-state index contributed by atoms with van der Waals surface area (Å²) in [6.07, 6.45) is 4.03. The number of nitrogens with two attached hydrogens (primary N) is 1. The van der Waals surface area contributed by atoms with E-state index in [0.29, 0.717) is 5.92 Å². The molecule has 1 fully saturated rings. The highest BCUT2D eigenvalue weighted by Crippen LogP contribution is 2.21. The van der Waals surface area contributed by atoms with Crippen LogP contribution in [0.2, 0.25) is 0 Å². The molecule has 0 radical (unpaired) electrons. The summed E-state index contributed by atoms with van der Waals surface area (Å²) in [7, 11) is 2.10. The minimum atomic E-state index is 0.715. The maximum Gasteiger partial charge on any atom is 0.131 e. The predicted octanol–water partition coefficient (Wildman–Crippen LogP) is 1.84. The van der Waals surface area contributed by atoms with Crippen LogP contribution in [-0.4, -0.2) is 31.8 Å². The van der Waals surface area contributed by atoms with Gasteiger partial charge in [-0.05, 0) is 37.3 Å². The quantitative estimate of drug-likeness (QED) is 0.868. The number of hydrogen-bond acceptors (Lipinski definition) is 4. The second kappa shape index (κ2) is 5.36. The summed E-state index contributed by atoms with van der Waals surface area (Å²) in [5.41, 5.74) is 7.58. The lowest BCUT2D eigenvalue weighted by atomic mass is 10.00. The highest BCUT2D eigenvalue weighted by molar-refractivity contribution is 5.52. The number of hydrogen-bond donors (Lipinski definition) is 1. The summed E-state index contributed by atoms with van der Waals surface area (Å²) in [5, 5.41) is 0. The van der Waals surface area contributed by atoms with Gasteiger partial charge < -0.3 is 15.4 Å². The molecule has 1 aliphatic rings. The predicted molar refractivity (Wildman–Crippen MR) is 70.2 cm³/mol. The molecule has 2 N–H and O–H groups in total. The van der Waals surface area contributed by atoms with Gasteiger partial charge in [0.25, 0.3) is 0 Å². The SMILES string of the molecule is Cc1cc(N)cnc1N(C)CC1CCOCC1. The number of nitrogen functional groups attached to an aromatic ring is 1. The van der Waals surface area contributed by atoms with Gasteiger partial charge in [0.2, 0.25) is 0 Å². The Bertz CT molecular complexity index is 375. The molecule has 4 heteroatoms. The molecule has 4 nitrogen and oxygen atoms in total. The Hall–Kier alpha value is -1.29. The Morgan fingerprint density at radius 1 is 1.47 bits per heavy atom. The fourth-order valence-electron chi connectivity index (χ4n) is 2.39. The van der Waals surface area contributed by atoms with Crippen LogP contribution in [0.15, 0.2) is 12.3 Å². The molecule has 0 saturated carbocycles. The number of rotatable bonds is 3. The van der Waals surface area contributed by atoms with Gasteiger partial charge in [0.1, 0.15) is 5.82 Å². The molecule has 0 spiro atoms. The average molecular weight is 235 g/mol. The van der Waals surface area contributed by atoms with Crippen molar-refractivity contribution >= 4 is 11.5 Å². The third kappa shape index (κ3) is 3.09. The Morgan fingerprint density at radius 3 is 2.82 bits per heavy atom. The van der Waals surface area contributed by atoms with Gasteiger partial charge in [0.05, 0.1) is 11.9 Å². The second-order valence-electron chi connectivity index (χ2n) is 4.85. The smallest absolute Gasteiger partial charge is 0.131 e. The number of aromatic nitrogens is 1. The lowest BCUT2D eigenvalue weighted by Gasteiger charge is -2.28. The molecular weight excluding hydrogens is 214 g/mol. The van der Waals surface area contributed by atoms with Gasteiger partial charge >= 0.3 is 0 Å². The second-order valence-corrected chi connectivity index (χ2v) is 4.85. The number of anilines is 2. The first-order chi connectivity index (χ1) is 8.16. The first kappa shape index (κ1) is 12.2. The summed E-state index contributed by atoms with van der Waals surface area (Å²) in [5.74, 6) is 1.75. The molecule has 1 aromatic heterocycles. The molecule has 1 saturated heterocycles. The van der Waals surface area contributed by atoms with Gasteiger partial charge in [-0.3, -0.25) is 0 Å². The Labute approximate surface area is 103 Å². The van der Waals surface area contributed by atoms with Crippen LogP contribution in [0.1, 0.15) is 18.4 Å². The minimum absolute atomic E-state index is 0.715. The van der Waals surface area contributed by atoms with E-state index < -0.39 is 0 Å². The van der Waals surface area contributed by atoms with Gasteiger partial charge in [-0.1, -0.05) is 0 Å². The molecule has 0 aromatic carbocycles. The van der Waals surface area contributed by atoms with Crippen molar-refractivity contribution in [3.63, 3.8) is 0 Å². The standard InChI is InChI=1S/C13H21N3O/c1-10-7-12(14)8-15-13(10)16(2)9-11-3-5-17-6-4-11/h7-8,11H,3-6,9,14H2,1-2H3. The van der Waals surface area contributed by atoms with E-state index in [1.54, 1.807) is 6.20 Å². The molecule has 17 heavy (non-hydrogen) atoms. The largest absolute Gasteiger partial charge is 0.397 e. The monoisotopic (exact) mass is 235 g/mol. The van der Waals surface area contributed by atoms with E-state index in [-0.39, 0.29) is 0 Å². The van der Waals surface area contributed by atoms with Crippen LogP contribution in [0.25, 0.3) is 0 Å². The molecule has 0 amide bonds. The van der Waals surface area contributed by atoms with E-state index in [2.05, 4.69) is 23.9 Å². The van der Waals surface area contributed by atoms with Crippen LogP contribution in [0.5, 0.6) is 0 Å². The summed E-state index contributed by atoms with van der Waals surface area (Å²) in [6, 6.07) is 1.98. The zero-order chi connectivity index (χ0) is 12.3. The highest BCUT2D eigenvalue weighted by Gasteiger charge is 2.17. The normalized spacial score (nSPS) is 17.1. The fourth-order valence-corrected chi connectivity index (χ4v) is 2.39. The Morgan fingerprint density at radius 2 is 2.18 bits per heavy atom. The van der Waals surface area contributed by atoms with Crippen LogP contribution < -0.4 is 10.6 Å². The van der Waals surface area contributed by atoms with E-state index in [1.807, 2.05) is 6.07 Å². The number of nitrogens with zero attached hydrogens (tertiary/aromatic N) is 2. The fraction of sp³-hybridized carbons (Fsp3) is 0.615. The van der Waals surface area contributed by atoms with Crippen LogP contribution in [0, 0.1) is 12.8 Å². The van der Waals surface area contributed by atoms with Crippen LogP contribution in [-0.2, 0) is 4.74 Å². The Balaban J connectivity index is 2.00. The maximum absolute atomic E-state index is 5.71. The van der Waals surface area contributed by atoms with E-state index in [0.717, 1.165) is 49.7 Å². The van der Waals surface area contributed by atoms with Crippen molar-refractivity contribution in [1.82, 2.24) is 4.98 Å². The van der Waals surface area contributed by atoms with Crippen molar-refractivity contribution < 1.29 is 4.74 Å². The minimum Gasteiger partial charge on any atom is -0.397 e. The van der Waals surface area contributed by atoms with Gasteiger partial charge in [0.15, 0.2) is 0 Å². The zero-order valence-corrected chi connectivity index (χ0v) is 10.6. The summed E-state index contributed by atoms with van der Waals surface area (Å²) in [4.78, 5) is 6.64. The molecule has 0 atom stereocenters. The molecule has 0 unspecified atom stereocenters. The van der Waals surface area contributed by atoms with E-state index in [1.165, 1.54) is 0 Å². The van der Waals surface area contributed by atoms with E-state index >= 15 is 0 Å². The first-order valence-corrected chi connectivity index (χ1v) is 6.18. The molecule has 2 rings (SSSR count). The molecule has 1 aromatic rings. The molecular formula is C13H21N3O. The van der Waals surface area contributed by atoms with Crippen molar-refractivity contribution in [2.75, 3.05) is 37.4 Å². The molecule has 94 valence electrons.